The smallest absolute Gasteiger partial charge is 0.0730 e. The van der Waals surface area contributed by atoms with Gasteiger partial charge in [0.25, 0.3) is 0 Å². The summed E-state index contributed by atoms with van der Waals surface area (Å²) in [7, 11) is 0. The summed E-state index contributed by atoms with van der Waals surface area (Å²) >= 11 is 0. The maximum atomic E-state index is 6.17. The first kappa shape index (κ1) is 13.8. The van der Waals surface area contributed by atoms with E-state index < -0.39 is 0 Å². The van der Waals surface area contributed by atoms with E-state index in [4.69, 9.17) is 9.47 Å². The highest BCUT2D eigenvalue weighted by atomic mass is 16.5. The van der Waals surface area contributed by atoms with Crippen LogP contribution in [0.1, 0.15) is 39.0 Å². The fourth-order valence-corrected chi connectivity index (χ4v) is 3.86. The third kappa shape index (κ3) is 3.30. The van der Waals surface area contributed by atoms with Crippen LogP contribution < -0.4 is 5.32 Å². The summed E-state index contributed by atoms with van der Waals surface area (Å²) in [5, 5.41) is 3.39. The predicted molar refractivity (Wildman–Crippen MR) is 75.4 cm³/mol. The minimum Gasteiger partial charge on any atom is -0.375 e. The molecule has 0 spiro atoms. The molecule has 2 saturated heterocycles. The van der Waals surface area contributed by atoms with E-state index in [2.05, 4.69) is 17.1 Å². The Labute approximate surface area is 116 Å². The number of hydrogen-bond acceptors (Lipinski definition) is 4. The van der Waals surface area contributed by atoms with E-state index in [0.29, 0.717) is 24.4 Å². The van der Waals surface area contributed by atoms with Crippen LogP contribution in [-0.4, -0.2) is 62.0 Å². The Kier molecular flexibility index (Phi) is 4.74. The van der Waals surface area contributed by atoms with E-state index >= 15 is 0 Å². The van der Waals surface area contributed by atoms with Crippen LogP contribution in [0.2, 0.25) is 0 Å². The van der Waals surface area contributed by atoms with Crippen LogP contribution in [0.25, 0.3) is 0 Å². The fraction of sp³-hybridized carbons (Fsp3) is 1.00. The number of fused-ring (bicyclic) bond motifs is 1. The van der Waals surface area contributed by atoms with Gasteiger partial charge in [-0.15, -0.1) is 0 Å². The van der Waals surface area contributed by atoms with Gasteiger partial charge >= 0.3 is 0 Å². The van der Waals surface area contributed by atoms with Crippen molar-refractivity contribution in [3.63, 3.8) is 0 Å². The minimum atomic E-state index is 0.436. The summed E-state index contributed by atoms with van der Waals surface area (Å²) in [6.45, 7) is 7.33. The summed E-state index contributed by atoms with van der Waals surface area (Å²) in [6.07, 6.45) is 7.75. The molecule has 3 rings (SSSR count). The predicted octanol–water partition coefficient (Wildman–Crippen LogP) is 1.40. The van der Waals surface area contributed by atoms with E-state index in [1.54, 1.807) is 0 Å². The second-order valence-corrected chi connectivity index (χ2v) is 6.17. The lowest BCUT2D eigenvalue weighted by Gasteiger charge is -2.38. The van der Waals surface area contributed by atoms with Crippen molar-refractivity contribution in [2.75, 3.05) is 32.8 Å². The molecule has 0 amide bonds. The van der Waals surface area contributed by atoms with Crippen LogP contribution in [0.4, 0.5) is 0 Å². The van der Waals surface area contributed by atoms with Gasteiger partial charge < -0.3 is 14.8 Å². The van der Waals surface area contributed by atoms with Crippen LogP contribution >= 0.6 is 0 Å². The molecule has 4 unspecified atom stereocenters. The highest BCUT2D eigenvalue weighted by Gasteiger charge is 2.38. The number of likely N-dealkylation sites (N-methyl/N-ethyl adjacent to an activating group) is 1. The van der Waals surface area contributed by atoms with Crippen molar-refractivity contribution in [2.24, 2.45) is 0 Å². The van der Waals surface area contributed by atoms with Gasteiger partial charge in [0, 0.05) is 25.7 Å². The summed E-state index contributed by atoms with van der Waals surface area (Å²) in [4.78, 5) is 2.64. The quantitative estimate of drug-likeness (QED) is 0.817. The first-order chi connectivity index (χ1) is 9.36. The number of rotatable bonds is 5. The molecule has 19 heavy (non-hydrogen) atoms. The normalized spacial score (nSPS) is 39.6. The maximum absolute atomic E-state index is 6.17. The van der Waals surface area contributed by atoms with Crippen LogP contribution in [-0.2, 0) is 9.47 Å². The lowest BCUT2D eigenvalue weighted by molar-refractivity contribution is -0.0738. The average Bonchev–Trinajstić information content (AvgIpc) is 3.05. The standard InChI is InChI=1S/C15H28N2O2/c1-2-16-10-12-6-7-13(19-12)11-17-8-9-18-15-5-3-4-14(15)17/h12-16H,2-11H2,1H3. The molecule has 0 bridgehead atoms. The SMILES string of the molecule is CCNCC1CCC(CN2CCOC3CCCC32)O1. The molecule has 110 valence electrons. The highest BCUT2D eigenvalue weighted by molar-refractivity contribution is 4.91. The van der Waals surface area contributed by atoms with Gasteiger partial charge in [-0.1, -0.05) is 6.92 Å². The van der Waals surface area contributed by atoms with E-state index in [1.807, 2.05) is 0 Å². The fourth-order valence-electron chi connectivity index (χ4n) is 3.86. The van der Waals surface area contributed by atoms with Gasteiger partial charge in [-0.05, 0) is 38.6 Å². The molecule has 0 aromatic heterocycles. The monoisotopic (exact) mass is 268 g/mol. The minimum absolute atomic E-state index is 0.436. The third-order valence-electron chi connectivity index (χ3n) is 4.85. The molecule has 4 nitrogen and oxygen atoms in total. The first-order valence-corrected chi connectivity index (χ1v) is 8.08. The van der Waals surface area contributed by atoms with E-state index in [0.717, 1.165) is 32.8 Å². The van der Waals surface area contributed by atoms with Gasteiger partial charge in [-0.3, -0.25) is 4.90 Å². The average molecular weight is 268 g/mol. The van der Waals surface area contributed by atoms with Crippen molar-refractivity contribution in [3.8, 4) is 0 Å². The second-order valence-electron chi connectivity index (χ2n) is 6.17. The largest absolute Gasteiger partial charge is 0.375 e. The molecular weight excluding hydrogens is 240 g/mol. The van der Waals surface area contributed by atoms with Gasteiger partial charge in [0.05, 0.1) is 24.9 Å². The maximum Gasteiger partial charge on any atom is 0.0730 e. The van der Waals surface area contributed by atoms with Gasteiger partial charge in [-0.25, -0.2) is 0 Å². The zero-order valence-electron chi connectivity index (χ0n) is 12.1. The van der Waals surface area contributed by atoms with Crippen molar-refractivity contribution >= 4 is 0 Å². The van der Waals surface area contributed by atoms with Crippen molar-refractivity contribution in [2.45, 2.75) is 63.4 Å². The van der Waals surface area contributed by atoms with Crippen molar-refractivity contribution < 1.29 is 9.47 Å². The second kappa shape index (κ2) is 6.53. The Morgan fingerprint density at radius 3 is 2.95 bits per heavy atom. The molecule has 4 atom stereocenters. The van der Waals surface area contributed by atoms with Crippen LogP contribution in [0.15, 0.2) is 0 Å². The Balaban J connectivity index is 1.46. The first-order valence-electron chi connectivity index (χ1n) is 8.08. The lowest BCUT2D eigenvalue weighted by Crippen LogP contribution is -2.51. The molecule has 3 fully saturated rings. The molecule has 1 saturated carbocycles. The molecule has 0 aromatic rings. The molecule has 2 aliphatic heterocycles. The van der Waals surface area contributed by atoms with Crippen LogP contribution in [0, 0.1) is 0 Å². The van der Waals surface area contributed by atoms with E-state index in [-0.39, 0.29) is 0 Å². The highest BCUT2D eigenvalue weighted by Crippen LogP contribution is 2.31. The molecule has 2 heterocycles. The molecule has 3 aliphatic rings. The Hall–Kier alpha value is -0.160. The Bertz CT molecular complexity index is 287. The summed E-state index contributed by atoms with van der Waals surface area (Å²) in [6, 6.07) is 0.671. The zero-order chi connectivity index (χ0) is 13.1. The third-order valence-corrected chi connectivity index (χ3v) is 4.85. The topological polar surface area (TPSA) is 33.7 Å². The van der Waals surface area contributed by atoms with Crippen molar-refractivity contribution in [1.82, 2.24) is 10.2 Å². The molecule has 1 N–H and O–H groups in total. The van der Waals surface area contributed by atoms with Crippen LogP contribution in [0.3, 0.4) is 0 Å². The Morgan fingerprint density at radius 2 is 2.05 bits per heavy atom. The number of ether oxygens (including phenoxy) is 2. The van der Waals surface area contributed by atoms with Crippen molar-refractivity contribution in [3.05, 3.63) is 0 Å². The molecule has 1 aliphatic carbocycles. The summed E-state index contributed by atoms with van der Waals surface area (Å²) in [5.41, 5.74) is 0. The summed E-state index contributed by atoms with van der Waals surface area (Å²) in [5.74, 6) is 0. The van der Waals surface area contributed by atoms with Gasteiger partial charge in [0.2, 0.25) is 0 Å². The number of hydrogen-bond donors (Lipinski definition) is 1. The lowest BCUT2D eigenvalue weighted by atomic mass is 10.1. The van der Waals surface area contributed by atoms with E-state index in [1.165, 1.54) is 32.1 Å². The molecule has 0 aromatic carbocycles. The summed E-state index contributed by atoms with van der Waals surface area (Å²) < 4.78 is 12.0. The number of nitrogens with zero attached hydrogens (tertiary/aromatic N) is 1. The number of nitrogens with one attached hydrogen (secondary N) is 1. The molecule has 0 radical (unpaired) electrons. The van der Waals surface area contributed by atoms with Gasteiger partial charge in [0.15, 0.2) is 0 Å². The van der Waals surface area contributed by atoms with Crippen LogP contribution in [0.5, 0.6) is 0 Å². The Morgan fingerprint density at radius 1 is 1.16 bits per heavy atom. The van der Waals surface area contributed by atoms with Gasteiger partial charge in [0.1, 0.15) is 0 Å². The zero-order valence-corrected chi connectivity index (χ0v) is 12.1. The van der Waals surface area contributed by atoms with E-state index in [9.17, 15) is 0 Å². The van der Waals surface area contributed by atoms with Crippen molar-refractivity contribution in [1.29, 1.82) is 0 Å². The number of morpholine rings is 1. The van der Waals surface area contributed by atoms with Gasteiger partial charge in [-0.2, -0.15) is 0 Å². The molecular formula is C15H28N2O2. The molecule has 4 heteroatoms.